The molecule has 104 valence electrons. The summed E-state index contributed by atoms with van der Waals surface area (Å²) in [7, 11) is -3.39. The number of hydrogen-bond donors (Lipinski definition) is 3. The Morgan fingerprint density at radius 1 is 1.21 bits per heavy atom. The monoisotopic (exact) mass is 283 g/mol. The van der Waals surface area contributed by atoms with Gasteiger partial charge in [0.15, 0.2) is 15.8 Å². The van der Waals surface area contributed by atoms with Crippen LogP contribution in [-0.4, -0.2) is 26.1 Å². The molecule has 1 aromatic carbocycles. The van der Waals surface area contributed by atoms with Gasteiger partial charge in [-0.25, -0.2) is 13.4 Å². The second-order valence-electron chi connectivity index (χ2n) is 3.79. The van der Waals surface area contributed by atoms with Gasteiger partial charge in [0.25, 0.3) is 0 Å². The highest BCUT2D eigenvalue weighted by Gasteiger charge is 2.17. The van der Waals surface area contributed by atoms with Crippen LogP contribution in [0.25, 0.3) is 0 Å². The molecule has 19 heavy (non-hydrogen) atoms. The van der Waals surface area contributed by atoms with Crippen molar-refractivity contribution in [2.24, 2.45) is 27.2 Å². The predicted molar refractivity (Wildman–Crippen MR) is 75.9 cm³/mol. The first-order chi connectivity index (χ1) is 8.86. The standard InChI is InChI=1S/C11H17N5O2S/c1-2-7-19(17,18)9-6-4-3-5-8(9)15-11(14)16-10(12)13/h3-6H,2,7H2,1H3,(H6,12,13,14,15,16). The Balaban J connectivity index is 3.28. The van der Waals surface area contributed by atoms with Gasteiger partial charge in [-0.05, 0) is 18.6 Å². The van der Waals surface area contributed by atoms with Crippen LogP contribution < -0.4 is 17.2 Å². The number of guanidine groups is 2. The van der Waals surface area contributed by atoms with Gasteiger partial charge in [-0.3, -0.25) is 0 Å². The fraction of sp³-hybridized carbons (Fsp3) is 0.273. The van der Waals surface area contributed by atoms with E-state index in [0.29, 0.717) is 6.42 Å². The Bertz CT molecular complexity index is 603. The number of benzene rings is 1. The third-order valence-electron chi connectivity index (χ3n) is 2.15. The predicted octanol–water partition coefficient (Wildman–Crippen LogP) is 0.0899. The molecule has 0 radical (unpaired) electrons. The first-order valence-electron chi connectivity index (χ1n) is 5.62. The molecule has 0 atom stereocenters. The lowest BCUT2D eigenvalue weighted by molar-refractivity contribution is 0.595. The van der Waals surface area contributed by atoms with E-state index >= 15 is 0 Å². The van der Waals surface area contributed by atoms with Crippen LogP contribution in [0.5, 0.6) is 0 Å². The van der Waals surface area contributed by atoms with Gasteiger partial charge in [0.2, 0.25) is 5.96 Å². The fourth-order valence-corrected chi connectivity index (χ4v) is 2.95. The van der Waals surface area contributed by atoms with Crippen LogP contribution >= 0.6 is 0 Å². The molecule has 0 aliphatic carbocycles. The zero-order valence-electron chi connectivity index (χ0n) is 10.6. The largest absolute Gasteiger partial charge is 0.370 e. The molecule has 0 amide bonds. The molecular weight excluding hydrogens is 266 g/mol. The molecule has 0 aliphatic rings. The molecule has 7 nitrogen and oxygen atoms in total. The number of aliphatic imine (C=N–C) groups is 2. The summed E-state index contributed by atoms with van der Waals surface area (Å²) >= 11 is 0. The van der Waals surface area contributed by atoms with Crippen molar-refractivity contribution in [2.75, 3.05) is 5.75 Å². The van der Waals surface area contributed by atoms with Gasteiger partial charge in [-0.15, -0.1) is 0 Å². The van der Waals surface area contributed by atoms with Crippen molar-refractivity contribution in [3.8, 4) is 0 Å². The van der Waals surface area contributed by atoms with Crippen LogP contribution in [0.1, 0.15) is 13.3 Å². The van der Waals surface area contributed by atoms with Crippen molar-refractivity contribution in [1.82, 2.24) is 0 Å². The summed E-state index contributed by atoms with van der Waals surface area (Å²) in [4.78, 5) is 7.58. The topological polar surface area (TPSA) is 137 Å². The molecule has 0 spiro atoms. The quantitative estimate of drug-likeness (QED) is 0.531. The smallest absolute Gasteiger partial charge is 0.223 e. The minimum atomic E-state index is -3.39. The molecular formula is C11H17N5O2S. The molecule has 0 saturated heterocycles. The minimum absolute atomic E-state index is 0.0434. The molecule has 0 heterocycles. The molecule has 0 aliphatic heterocycles. The van der Waals surface area contributed by atoms with Gasteiger partial charge in [0.1, 0.15) is 0 Å². The van der Waals surface area contributed by atoms with Crippen molar-refractivity contribution in [2.45, 2.75) is 18.2 Å². The van der Waals surface area contributed by atoms with Crippen molar-refractivity contribution < 1.29 is 8.42 Å². The van der Waals surface area contributed by atoms with E-state index in [2.05, 4.69) is 9.98 Å². The first-order valence-corrected chi connectivity index (χ1v) is 7.27. The summed E-state index contributed by atoms with van der Waals surface area (Å²) < 4.78 is 24.1. The van der Waals surface area contributed by atoms with E-state index in [1.165, 1.54) is 12.1 Å². The van der Waals surface area contributed by atoms with Crippen LogP contribution in [0.4, 0.5) is 5.69 Å². The van der Waals surface area contributed by atoms with Gasteiger partial charge >= 0.3 is 0 Å². The highest BCUT2D eigenvalue weighted by atomic mass is 32.2. The van der Waals surface area contributed by atoms with Crippen LogP contribution in [0, 0.1) is 0 Å². The summed E-state index contributed by atoms with van der Waals surface area (Å²) in [5.41, 5.74) is 16.1. The van der Waals surface area contributed by atoms with Crippen LogP contribution in [0.3, 0.4) is 0 Å². The Hall–Kier alpha value is -2.09. The number of nitrogens with two attached hydrogens (primary N) is 3. The summed E-state index contributed by atoms with van der Waals surface area (Å²) in [6.45, 7) is 1.79. The van der Waals surface area contributed by atoms with Crippen LogP contribution in [-0.2, 0) is 9.84 Å². The molecule has 6 N–H and O–H groups in total. The normalized spacial score (nSPS) is 12.2. The average Bonchev–Trinajstić information content (AvgIpc) is 2.28. The lowest BCUT2D eigenvalue weighted by atomic mass is 10.3. The molecule has 0 fully saturated rings. The van der Waals surface area contributed by atoms with Crippen LogP contribution in [0.2, 0.25) is 0 Å². The van der Waals surface area contributed by atoms with Crippen molar-refractivity contribution in [3.05, 3.63) is 24.3 Å². The average molecular weight is 283 g/mol. The molecule has 0 saturated carbocycles. The lowest BCUT2D eigenvalue weighted by Crippen LogP contribution is -2.26. The second kappa shape index (κ2) is 6.19. The maximum atomic E-state index is 12.1. The Morgan fingerprint density at radius 2 is 1.84 bits per heavy atom. The van der Waals surface area contributed by atoms with Crippen molar-refractivity contribution in [3.63, 3.8) is 0 Å². The molecule has 1 aromatic rings. The van der Waals surface area contributed by atoms with Crippen molar-refractivity contribution >= 4 is 27.4 Å². The van der Waals surface area contributed by atoms with Crippen molar-refractivity contribution in [1.29, 1.82) is 0 Å². The third kappa shape index (κ3) is 4.25. The highest BCUT2D eigenvalue weighted by molar-refractivity contribution is 7.91. The number of nitrogens with zero attached hydrogens (tertiary/aromatic N) is 2. The Morgan fingerprint density at radius 3 is 2.42 bits per heavy atom. The van der Waals surface area contributed by atoms with E-state index in [9.17, 15) is 8.42 Å². The molecule has 8 heteroatoms. The SMILES string of the molecule is CCCS(=O)(=O)c1ccccc1N=C(N)N=C(N)N. The maximum Gasteiger partial charge on any atom is 0.223 e. The molecule has 0 bridgehead atoms. The highest BCUT2D eigenvalue weighted by Crippen LogP contribution is 2.25. The zero-order chi connectivity index (χ0) is 14.5. The van der Waals surface area contributed by atoms with Gasteiger partial charge in [-0.1, -0.05) is 19.1 Å². The van der Waals surface area contributed by atoms with E-state index < -0.39 is 9.84 Å². The summed E-state index contributed by atoms with van der Waals surface area (Å²) in [6, 6.07) is 6.30. The lowest BCUT2D eigenvalue weighted by Gasteiger charge is -2.06. The molecule has 0 unspecified atom stereocenters. The first kappa shape index (κ1) is 15.0. The number of para-hydroxylation sites is 1. The fourth-order valence-electron chi connectivity index (χ4n) is 1.47. The second-order valence-corrected chi connectivity index (χ2v) is 5.87. The molecule has 1 rings (SSSR count). The number of hydrogen-bond acceptors (Lipinski definition) is 3. The zero-order valence-corrected chi connectivity index (χ0v) is 11.4. The summed E-state index contributed by atoms with van der Waals surface area (Å²) in [5.74, 6) is -0.392. The number of rotatable bonds is 4. The Kier molecular flexibility index (Phi) is 4.87. The maximum absolute atomic E-state index is 12.1. The van der Waals surface area contributed by atoms with Gasteiger partial charge < -0.3 is 17.2 Å². The number of sulfone groups is 1. The van der Waals surface area contributed by atoms with E-state index in [-0.39, 0.29) is 28.3 Å². The van der Waals surface area contributed by atoms with E-state index in [1.807, 2.05) is 0 Å². The Labute approximate surface area is 112 Å². The van der Waals surface area contributed by atoms with E-state index in [4.69, 9.17) is 17.2 Å². The van der Waals surface area contributed by atoms with Gasteiger partial charge in [0.05, 0.1) is 16.3 Å². The van der Waals surface area contributed by atoms with E-state index in [0.717, 1.165) is 0 Å². The third-order valence-corrected chi connectivity index (χ3v) is 4.11. The van der Waals surface area contributed by atoms with Gasteiger partial charge in [-0.2, -0.15) is 4.99 Å². The molecule has 0 aromatic heterocycles. The summed E-state index contributed by atoms with van der Waals surface area (Å²) in [6.07, 6.45) is 0.518. The van der Waals surface area contributed by atoms with E-state index in [1.54, 1.807) is 19.1 Å². The minimum Gasteiger partial charge on any atom is -0.370 e. The van der Waals surface area contributed by atoms with Crippen LogP contribution in [0.15, 0.2) is 39.1 Å². The van der Waals surface area contributed by atoms with Gasteiger partial charge in [0, 0.05) is 0 Å². The summed E-state index contributed by atoms with van der Waals surface area (Å²) in [5, 5.41) is 0.